The monoisotopic (exact) mass is 278 g/mol. The summed E-state index contributed by atoms with van der Waals surface area (Å²) in [6.45, 7) is 5.91. The number of carbonyl (C=O) groups excluding carboxylic acids is 4. The second kappa shape index (κ2) is 13.1. The van der Waals surface area contributed by atoms with E-state index in [0.717, 1.165) is 0 Å². The molecule has 0 heterocycles. The molecule has 0 rings (SSSR count). The Morgan fingerprint density at radius 1 is 0.706 bits per heavy atom. The molecule has 0 aromatic carbocycles. The summed E-state index contributed by atoms with van der Waals surface area (Å²) in [7, 11) is 0. The predicted octanol–water partition coefficient (Wildman–Crippen LogP) is -0.579. The Balaban J connectivity index is -0.000000218. The Kier molecular flexibility index (Phi) is 16.4. The minimum Gasteiger partial charge on any atom is -0.349 e. The molecule has 0 aromatic rings. The zero-order chi connectivity index (χ0) is 13.1. The Labute approximate surface area is 116 Å². The van der Waals surface area contributed by atoms with Gasteiger partial charge in [0.25, 0.3) is 0 Å². The van der Waals surface area contributed by atoms with Gasteiger partial charge in [0.15, 0.2) is 0 Å². The van der Waals surface area contributed by atoms with Gasteiger partial charge in [0.05, 0.1) is 13.1 Å². The quantitative estimate of drug-likeness (QED) is 0.673. The van der Waals surface area contributed by atoms with Crippen molar-refractivity contribution < 1.29 is 40.9 Å². The van der Waals surface area contributed by atoms with Crippen LogP contribution in [0.5, 0.6) is 0 Å². The van der Waals surface area contributed by atoms with E-state index in [0.29, 0.717) is 0 Å². The maximum Gasteiger partial charge on any atom is 0.217 e. The first-order chi connectivity index (χ1) is 7.25. The van der Waals surface area contributed by atoms with Gasteiger partial charge in [0.2, 0.25) is 11.8 Å². The van der Waals surface area contributed by atoms with Crippen molar-refractivity contribution in [2.75, 3.05) is 13.1 Å². The molecule has 96 valence electrons. The SMILES string of the molecule is CC(=O)CNC(C)=O.CC(=O)CNC(C)=O.[Ti]. The molecule has 0 fully saturated rings. The van der Waals surface area contributed by atoms with Crippen LogP contribution in [0, 0.1) is 0 Å². The molecule has 0 atom stereocenters. The number of hydrogen-bond donors (Lipinski definition) is 2. The van der Waals surface area contributed by atoms with Crippen LogP contribution in [0.3, 0.4) is 0 Å². The van der Waals surface area contributed by atoms with Crippen LogP contribution in [-0.2, 0) is 40.9 Å². The average molecular weight is 278 g/mol. The van der Waals surface area contributed by atoms with Crippen molar-refractivity contribution in [1.82, 2.24) is 10.6 Å². The Morgan fingerprint density at radius 2 is 0.941 bits per heavy atom. The molecule has 0 saturated heterocycles. The summed E-state index contributed by atoms with van der Waals surface area (Å²) >= 11 is 0. The van der Waals surface area contributed by atoms with E-state index in [1.54, 1.807) is 0 Å². The van der Waals surface area contributed by atoms with E-state index < -0.39 is 0 Å². The van der Waals surface area contributed by atoms with E-state index in [9.17, 15) is 19.2 Å². The summed E-state index contributed by atoms with van der Waals surface area (Å²) < 4.78 is 0. The van der Waals surface area contributed by atoms with Crippen LogP contribution >= 0.6 is 0 Å². The minimum absolute atomic E-state index is 0. The van der Waals surface area contributed by atoms with E-state index in [4.69, 9.17) is 0 Å². The van der Waals surface area contributed by atoms with Gasteiger partial charge in [0, 0.05) is 35.6 Å². The van der Waals surface area contributed by atoms with Crippen LogP contribution in [0.25, 0.3) is 0 Å². The molecule has 0 aliphatic rings. The number of Topliss-reactive ketones (excluding diaryl/α,β-unsaturated/α-hetero) is 2. The van der Waals surface area contributed by atoms with Gasteiger partial charge in [-0.1, -0.05) is 0 Å². The van der Waals surface area contributed by atoms with Crippen molar-refractivity contribution in [3.63, 3.8) is 0 Å². The first-order valence-electron chi connectivity index (χ1n) is 4.73. The predicted molar refractivity (Wildman–Crippen MR) is 58.7 cm³/mol. The molecule has 0 aliphatic heterocycles. The number of hydrogen-bond acceptors (Lipinski definition) is 4. The molecule has 17 heavy (non-hydrogen) atoms. The molecule has 2 N–H and O–H groups in total. The molecule has 6 nitrogen and oxygen atoms in total. The van der Waals surface area contributed by atoms with E-state index in [1.165, 1.54) is 27.7 Å². The standard InChI is InChI=1S/2C5H9NO2.Ti/c2*1-4(7)3-6-5(2)8;/h2*3H2,1-2H3,(H,6,8);. The first kappa shape index (κ1) is 21.3. The van der Waals surface area contributed by atoms with Gasteiger partial charge < -0.3 is 10.6 Å². The first-order valence-corrected chi connectivity index (χ1v) is 4.73. The Bertz CT molecular complexity index is 223. The molecule has 7 heteroatoms. The summed E-state index contributed by atoms with van der Waals surface area (Å²) in [5.41, 5.74) is 0. The molecule has 0 unspecified atom stereocenters. The summed E-state index contributed by atoms with van der Waals surface area (Å²) in [4.78, 5) is 40.4. The maximum absolute atomic E-state index is 10.1. The van der Waals surface area contributed by atoms with Gasteiger partial charge in [-0.05, 0) is 13.8 Å². The fourth-order valence-electron chi connectivity index (χ4n) is 0.498. The third kappa shape index (κ3) is 31.3. The Morgan fingerprint density at radius 3 is 1.00 bits per heavy atom. The molecular formula is C10H18N2O4Ti. The van der Waals surface area contributed by atoms with Crippen LogP contribution in [0.2, 0.25) is 0 Å². The zero-order valence-corrected chi connectivity index (χ0v) is 12.1. The second-order valence-electron chi connectivity index (χ2n) is 3.22. The molecule has 0 bridgehead atoms. The Hall–Kier alpha value is -1.01. The average Bonchev–Trinajstić information content (AvgIpc) is 2.12. The summed E-state index contributed by atoms with van der Waals surface area (Å²) in [5.74, 6) is -0.388. The molecule has 2 amide bonds. The number of ketones is 2. The third-order valence-electron chi connectivity index (χ3n) is 1.17. The maximum atomic E-state index is 10.1. The topological polar surface area (TPSA) is 92.3 Å². The van der Waals surface area contributed by atoms with Crippen LogP contribution in [0.15, 0.2) is 0 Å². The normalized spacial score (nSPS) is 7.76. The molecule has 0 saturated carbocycles. The molecule has 0 aliphatic carbocycles. The van der Waals surface area contributed by atoms with Gasteiger partial charge in [-0.2, -0.15) is 0 Å². The molecule has 0 radical (unpaired) electrons. The number of carbonyl (C=O) groups is 4. The smallest absolute Gasteiger partial charge is 0.217 e. The van der Waals surface area contributed by atoms with Crippen molar-refractivity contribution in [3.05, 3.63) is 0 Å². The number of amides is 2. The van der Waals surface area contributed by atoms with Crippen molar-refractivity contribution in [1.29, 1.82) is 0 Å². The molecule has 0 aromatic heterocycles. The third-order valence-corrected chi connectivity index (χ3v) is 1.17. The minimum atomic E-state index is -0.166. The van der Waals surface area contributed by atoms with Gasteiger partial charge in [-0.15, -0.1) is 0 Å². The van der Waals surface area contributed by atoms with Crippen LogP contribution in [0.4, 0.5) is 0 Å². The van der Waals surface area contributed by atoms with Crippen molar-refractivity contribution >= 4 is 23.4 Å². The van der Waals surface area contributed by atoms with E-state index in [-0.39, 0.29) is 58.2 Å². The second-order valence-corrected chi connectivity index (χ2v) is 3.22. The van der Waals surface area contributed by atoms with Gasteiger partial charge in [-0.3, -0.25) is 19.2 Å². The van der Waals surface area contributed by atoms with Gasteiger partial charge >= 0.3 is 0 Å². The fraction of sp³-hybridized carbons (Fsp3) is 0.600. The molecular weight excluding hydrogens is 260 g/mol. The van der Waals surface area contributed by atoms with E-state index in [2.05, 4.69) is 10.6 Å². The van der Waals surface area contributed by atoms with Crippen LogP contribution < -0.4 is 10.6 Å². The molecule has 0 spiro atoms. The summed E-state index contributed by atoms with van der Waals surface area (Å²) in [6.07, 6.45) is 0. The van der Waals surface area contributed by atoms with Gasteiger partial charge in [-0.25, -0.2) is 0 Å². The fourth-order valence-corrected chi connectivity index (χ4v) is 0.498. The van der Waals surface area contributed by atoms with Crippen molar-refractivity contribution in [2.45, 2.75) is 27.7 Å². The van der Waals surface area contributed by atoms with Gasteiger partial charge in [0.1, 0.15) is 11.6 Å². The number of rotatable bonds is 4. The van der Waals surface area contributed by atoms with Crippen molar-refractivity contribution in [3.8, 4) is 0 Å². The number of nitrogens with one attached hydrogen (secondary N) is 2. The largest absolute Gasteiger partial charge is 0.349 e. The van der Waals surface area contributed by atoms with Crippen LogP contribution in [0.1, 0.15) is 27.7 Å². The van der Waals surface area contributed by atoms with Crippen molar-refractivity contribution in [2.24, 2.45) is 0 Å². The summed E-state index contributed by atoms with van der Waals surface area (Å²) in [5, 5.41) is 4.71. The van der Waals surface area contributed by atoms with E-state index in [1.807, 2.05) is 0 Å². The zero-order valence-electron chi connectivity index (χ0n) is 10.5. The van der Waals surface area contributed by atoms with Crippen LogP contribution in [-0.4, -0.2) is 36.5 Å². The summed E-state index contributed by atoms with van der Waals surface area (Å²) in [6, 6.07) is 0. The van der Waals surface area contributed by atoms with E-state index >= 15 is 0 Å².